The maximum atomic E-state index is 13.5. The molecule has 0 radical (unpaired) electrons. The maximum absolute atomic E-state index is 13.5. The summed E-state index contributed by atoms with van der Waals surface area (Å²) in [5.41, 5.74) is -1.12. The standard InChI is InChI=1S/C16H21FO4/c1-3-5-12-9-16(19,10-15(18)20-4-2)13-8-11(17)6-7-14(13)21-12/h6-8,12,19H,3-5,9-10H2,1-2H3/t12-,16-/m1/s1. The van der Waals surface area contributed by atoms with Gasteiger partial charge in [0.25, 0.3) is 0 Å². The molecule has 116 valence electrons. The first kappa shape index (κ1) is 15.8. The van der Waals surface area contributed by atoms with E-state index < -0.39 is 17.4 Å². The number of ether oxygens (including phenoxy) is 2. The van der Waals surface area contributed by atoms with Crippen molar-refractivity contribution < 1.29 is 23.8 Å². The van der Waals surface area contributed by atoms with Crippen molar-refractivity contribution in [1.29, 1.82) is 0 Å². The number of carbonyl (C=O) groups is 1. The van der Waals surface area contributed by atoms with Crippen molar-refractivity contribution in [3.63, 3.8) is 0 Å². The fourth-order valence-electron chi connectivity index (χ4n) is 2.78. The lowest BCUT2D eigenvalue weighted by molar-refractivity contribution is -0.151. The number of aliphatic hydroxyl groups is 1. The van der Waals surface area contributed by atoms with Gasteiger partial charge in [0.15, 0.2) is 0 Å². The first-order valence-corrected chi connectivity index (χ1v) is 7.33. The number of hydrogen-bond donors (Lipinski definition) is 1. The molecule has 5 heteroatoms. The van der Waals surface area contributed by atoms with E-state index in [0.717, 1.165) is 12.8 Å². The molecule has 0 bridgehead atoms. The highest BCUT2D eigenvalue weighted by Gasteiger charge is 2.42. The van der Waals surface area contributed by atoms with Crippen LogP contribution in [0.5, 0.6) is 5.75 Å². The number of carbonyl (C=O) groups excluding carboxylic acids is 1. The first-order valence-electron chi connectivity index (χ1n) is 7.33. The molecular weight excluding hydrogens is 275 g/mol. The molecule has 1 aromatic rings. The second-order valence-corrected chi connectivity index (χ2v) is 5.39. The van der Waals surface area contributed by atoms with Gasteiger partial charge in [0.05, 0.1) is 13.0 Å². The van der Waals surface area contributed by atoms with E-state index in [1.54, 1.807) is 6.92 Å². The third kappa shape index (κ3) is 3.53. The van der Waals surface area contributed by atoms with Gasteiger partial charge in [-0.25, -0.2) is 4.39 Å². The molecule has 1 aromatic carbocycles. The van der Waals surface area contributed by atoms with Crippen LogP contribution >= 0.6 is 0 Å². The monoisotopic (exact) mass is 296 g/mol. The largest absolute Gasteiger partial charge is 0.490 e. The molecule has 1 aliphatic heterocycles. The quantitative estimate of drug-likeness (QED) is 0.849. The summed E-state index contributed by atoms with van der Waals surface area (Å²) in [6.45, 7) is 3.98. The Morgan fingerprint density at radius 3 is 2.95 bits per heavy atom. The zero-order chi connectivity index (χ0) is 15.5. The average Bonchev–Trinajstić information content (AvgIpc) is 2.40. The third-order valence-electron chi connectivity index (χ3n) is 3.65. The van der Waals surface area contributed by atoms with Crippen molar-refractivity contribution in [1.82, 2.24) is 0 Å². The Kier molecular flexibility index (Phi) is 4.83. The van der Waals surface area contributed by atoms with Gasteiger partial charge >= 0.3 is 5.97 Å². The molecule has 1 aliphatic rings. The minimum atomic E-state index is -1.44. The van der Waals surface area contributed by atoms with E-state index in [2.05, 4.69) is 0 Å². The van der Waals surface area contributed by atoms with E-state index in [0.29, 0.717) is 11.3 Å². The summed E-state index contributed by atoms with van der Waals surface area (Å²) >= 11 is 0. The van der Waals surface area contributed by atoms with Gasteiger partial charge in [-0.1, -0.05) is 13.3 Å². The number of esters is 1. The molecule has 0 unspecified atom stereocenters. The average molecular weight is 296 g/mol. The highest BCUT2D eigenvalue weighted by Crippen LogP contribution is 2.43. The molecule has 4 nitrogen and oxygen atoms in total. The van der Waals surface area contributed by atoms with E-state index in [-0.39, 0.29) is 25.6 Å². The van der Waals surface area contributed by atoms with Crippen molar-refractivity contribution >= 4 is 5.97 Å². The minimum absolute atomic E-state index is 0.188. The predicted octanol–water partition coefficient (Wildman–Crippen LogP) is 2.92. The third-order valence-corrected chi connectivity index (χ3v) is 3.65. The van der Waals surface area contributed by atoms with E-state index in [1.807, 2.05) is 6.92 Å². The van der Waals surface area contributed by atoms with Crippen LogP contribution in [0.25, 0.3) is 0 Å². The summed E-state index contributed by atoms with van der Waals surface area (Å²) in [6, 6.07) is 4.03. The first-order chi connectivity index (χ1) is 9.98. The molecule has 2 rings (SSSR count). The van der Waals surface area contributed by atoms with Gasteiger partial charge in [0.2, 0.25) is 0 Å². The zero-order valence-corrected chi connectivity index (χ0v) is 12.4. The number of fused-ring (bicyclic) bond motifs is 1. The molecule has 0 spiro atoms. The molecule has 1 N–H and O–H groups in total. The van der Waals surface area contributed by atoms with Gasteiger partial charge < -0.3 is 14.6 Å². The molecule has 0 saturated heterocycles. The van der Waals surface area contributed by atoms with Gasteiger partial charge in [-0.2, -0.15) is 0 Å². The Hall–Kier alpha value is -1.62. The molecule has 2 atom stereocenters. The van der Waals surface area contributed by atoms with E-state index >= 15 is 0 Å². The highest BCUT2D eigenvalue weighted by atomic mass is 19.1. The lowest BCUT2D eigenvalue weighted by Crippen LogP contribution is -2.40. The highest BCUT2D eigenvalue weighted by molar-refractivity contribution is 5.71. The number of hydrogen-bond acceptors (Lipinski definition) is 4. The van der Waals surface area contributed by atoms with Gasteiger partial charge in [0.1, 0.15) is 23.3 Å². The Morgan fingerprint density at radius 2 is 2.29 bits per heavy atom. The van der Waals surface area contributed by atoms with E-state index in [4.69, 9.17) is 9.47 Å². The maximum Gasteiger partial charge on any atom is 0.309 e. The summed E-state index contributed by atoms with van der Waals surface area (Å²) in [5.74, 6) is -0.520. The molecule has 1 heterocycles. The van der Waals surface area contributed by atoms with Crippen LogP contribution in [0.15, 0.2) is 18.2 Å². The van der Waals surface area contributed by atoms with Crippen LogP contribution in [0.2, 0.25) is 0 Å². The van der Waals surface area contributed by atoms with Gasteiger partial charge in [-0.15, -0.1) is 0 Å². The number of rotatable bonds is 5. The molecule has 0 aromatic heterocycles. The van der Waals surface area contributed by atoms with E-state index in [1.165, 1.54) is 18.2 Å². The fraction of sp³-hybridized carbons (Fsp3) is 0.562. The van der Waals surface area contributed by atoms with Gasteiger partial charge in [-0.3, -0.25) is 4.79 Å². The zero-order valence-electron chi connectivity index (χ0n) is 12.4. The molecule has 0 fully saturated rings. The number of benzene rings is 1. The second kappa shape index (κ2) is 6.43. The summed E-state index contributed by atoms with van der Waals surface area (Å²) < 4.78 is 24.2. The predicted molar refractivity (Wildman–Crippen MR) is 75.5 cm³/mol. The van der Waals surface area contributed by atoms with Crippen LogP contribution in [0.3, 0.4) is 0 Å². The lowest BCUT2D eigenvalue weighted by Gasteiger charge is -2.38. The molecule has 0 saturated carbocycles. The van der Waals surface area contributed by atoms with Crippen LogP contribution in [0.4, 0.5) is 4.39 Å². The van der Waals surface area contributed by atoms with Crippen LogP contribution in [0.1, 0.15) is 45.1 Å². The van der Waals surface area contributed by atoms with Crippen LogP contribution in [-0.2, 0) is 15.1 Å². The SMILES string of the molecule is CCC[C@@H]1C[C@@](O)(CC(=O)OCC)c2cc(F)ccc2O1. The smallest absolute Gasteiger partial charge is 0.309 e. The lowest BCUT2D eigenvalue weighted by atomic mass is 9.81. The van der Waals surface area contributed by atoms with Gasteiger partial charge in [0, 0.05) is 12.0 Å². The summed E-state index contributed by atoms with van der Waals surface area (Å²) in [7, 11) is 0. The summed E-state index contributed by atoms with van der Waals surface area (Å²) in [5, 5.41) is 10.9. The van der Waals surface area contributed by atoms with Crippen LogP contribution in [-0.4, -0.2) is 23.8 Å². The molecule has 0 amide bonds. The Balaban J connectivity index is 2.33. The van der Waals surface area contributed by atoms with Crippen LogP contribution < -0.4 is 4.74 Å². The Morgan fingerprint density at radius 1 is 1.52 bits per heavy atom. The topological polar surface area (TPSA) is 55.8 Å². The van der Waals surface area contributed by atoms with Crippen molar-refractivity contribution in [3.8, 4) is 5.75 Å². The van der Waals surface area contributed by atoms with E-state index in [9.17, 15) is 14.3 Å². The molecule has 21 heavy (non-hydrogen) atoms. The van der Waals surface area contributed by atoms with Crippen molar-refractivity contribution in [2.45, 2.75) is 51.2 Å². The summed E-state index contributed by atoms with van der Waals surface area (Å²) in [6.07, 6.45) is 1.54. The normalized spacial score (nSPS) is 24.1. The van der Waals surface area contributed by atoms with Crippen molar-refractivity contribution in [3.05, 3.63) is 29.6 Å². The van der Waals surface area contributed by atoms with Gasteiger partial charge in [-0.05, 0) is 31.5 Å². The summed E-state index contributed by atoms with van der Waals surface area (Å²) in [4.78, 5) is 11.8. The Labute approximate surface area is 123 Å². The molecular formula is C16H21FO4. The van der Waals surface area contributed by atoms with Crippen LogP contribution in [0, 0.1) is 5.82 Å². The van der Waals surface area contributed by atoms with Crippen molar-refractivity contribution in [2.75, 3.05) is 6.61 Å². The fourth-order valence-corrected chi connectivity index (χ4v) is 2.78. The molecule has 0 aliphatic carbocycles. The van der Waals surface area contributed by atoms with Crippen molar-refractivity contribution in [2.24, 2.45) is 0 Å². The second-order valence-electron chi connectivity index (χ2n) is 5.39. The minimum Gasteiger partial charge on any atom is -0.490 e. The Bertz CT molecular complexity index is 517. The number of halogens is 1.